The van der Waals surface area contributed by atoms with Gasteiger partial charge in [-0.1, -0.05) is 13.8 Å². The molecular formula is C24H44N4O4. The second-order valence-corrected chi connectivity index (χ2v) is 12.6. The van der Waals surface area contributed by atoms with Crippen LogP contribution in [-0.4, -0.2) is 84.5 Å². The van der Waals surface area contributed by atoms with Crippen LogP contribution in [-0.2, 0) is 9.47 Å². The van der Waals surface area contributed by atoms with Crippen LogP contribution in [0.15, 0.2) is 0 Å². The number of fused-ring (bicyclic) bond motifs is 2. The molecule has 4 aliphatic heterocycles. The van der Waals surface area contributed by atoms with E-state index in [0.29, 0.717) is 12.1 Å². The number of piperidine rings is 2. The van der Waals surface area contributed by atoms with Gasteiger partial charge in [-0.25, -0.2) is 9.59 Å². The van der Waals surface area contributed by atoms with E-state index in [1.165, 1.54) is 0 Å². The molecule has 4 fully saturated rings. The van der Waals surface area contributed by atoms with Crippen LogP contribution in [0.4, 0.5) is 9.59 Å². The van der Waals surface area contributed by atoms with Gasteiger partial charge in [-0.2, -0.15) is 0 Å². The summed E-state index contributed by atoms with van der Waals surface area (Å²) in [5.41, 5.74) is -0.274. The summed E-state index contributed by atoms with van der Waals surface area (Å²) in [7, 11) is 0. The Kier molecular flexibility index (Phi) is 6.80. The van der Waals surface area contributed by atoms with Gasteiger partial charge in [-0.3, -0.25) is 0 Å². The van der Waals surface area contributed by atoms with Gasteiger partial charge in [-0.15, -0.1) is 0 Å². The topological polar surface area (TPSA) is 83.1 Å². The average molecular weight is 453 g/mol. The highest BCUT2D eigenvalue weighted by Crippen LogP contribution is 2.37. The molecule has 0 aromatic carbocycles. The van der Waals surface area contributed by atoms with Crippen molar-refractivity contribution in [3.8, 4) is 0 Å². The molecule has 0 unspecified atom stereocenters. The zero-order chi connectivity index (χ0) is 23.9. The van der Waals surface area contributed by atoms with E-state index in [-0.39, 0.29) is 23.0 Å². The molecule has 4 heterocycles. The predicted octanol–water partition coefficient (Wildman–Crippen LogP) is 3.21. The Morgan fingerprint density at radius 3 is 1.31 bits per heavy atom. The van der Waals surface area contributed by atoms with Crippen LogP contribution in [0, 0.1) is 10.8 Å². The number of nitrogens with zero attached hydrogens (tertiary/aromatic N) is 2. The van der Waals surface area contributed by atoms with Crippen LogP contribution in [0.2, 0.25) is 0 Å². The molecule has 2 amide bonds. The zero-order valence-electron chi connectivity index (χ0n) is 21.3. The van der Waals surface area contributed by atoms with Crippen LogP contribution < -0.4 is 10.6 Å². The van der Waals surface area contributed by atoms with Crippen LogP contribution in [0.3, 0.4) is 0 Å². The van der Waals surface area contributed by atoms with E-state index in [0.717, 1.165) is 52.1 Å². The van der Waals surface area contributed by atoms with Gasteiger partial charge in [-0.05, 0) is 54.4 Å². The second-order valence-electron chi connectivity index (χ2n) is 12.6. The maximum atomic E-state index is 11.9. The van der Waals surface area contributed by atoms with E-state index in [1.54, 1.807) is 0 Å². The summed E-state index contributed by atoms with van der Waals surface area (Å²) in [6.45, 7) is 21.2. The van der Waals surface area contributed by atoms with E-state index >= 15 is 0 Å². The van der Waals surface area contributed by atoms with Crippen molar-refractivity contribution in [3.05, 3.63) is 0 Å². The van der Waals surface area contributed by atoms with Crippen molar-refractivity contribution in [1.29, 1.82) is 0 Å². The lowest BCUT2D eigenvalue weighted by atomic mass is 9.71. The molecular weight excluding hydrogens is 408 g/mol. The number of ether oxygens (including phenoxy) is 2. The first kappa shape index (κ1) is 25.1. The summed E-state index contributed by atoms with van der Waals surface area (Å²) >= 11 is 0. The molecule has 0 spiro atoms. The zero-order valence-corrected chi connectivity index (χ0v) is 21.3. The summed E-state index contributed by atoms with van der Waals surface area (Å²) in [6.07, 6.45) is 1.74. The van der Waals surface area contributed by atoms with Crippen molar-refractivity contribution in [2.24, 2.45) is 10.8 Å². The van der Waals surface area contributed by atoms with Crippen LogP contribution in [0.5, 0.6) is 0 Å². The molecule has 4 saturated heterocycles. The van der Waals surface area contributed by atoms with Crippen molar-refractivity contribution < 1.29 is 19.1 Å². The van der Waals surface area contributed by atoms with Crippen molar-refractivity contribution in [2.75, 3.05) is 39.3 Å². The number of amides is 2. The highest BCUT2D eigenvalue weighted by atomic mass is 16.6. The summed E-state index contributed by atoms with van der Waals surface area (Å²) < 4.78 is 10.8. The monoisotopic (exact) mass is 452 g/mol. The van der Waals surface area contributed by atoms with Crippen molar-refractivity contribution in [1.82, 2.24) is 20.4 Å². The van der Waals surface area contributed by atoms with E-state index in [2.05, 4.69) is 24.5 Å². The van der Waals surface area contributed by atoms with E-state index in [4.69, 9.17) is 9.47 Å². The smallest absolute Gasteiger partial charge is 0.410 e. The predicted molar refractivity (Wildman–Crippen MR) is 125 cm³/mol. The van der Waals surface area contributed by atoms with Gasteiger partial charge in [0.15, 0.2) is 0 Å². The number of carbonyl (C=O) groups is 2. The minimum atomic E-state index is -0.396. The number of rotatable bonds is 0. The molecule has 4 atom stereocenters. The Hall–Kier alpha value is -1.54. The largest absolute Gasteiger partial charge is 0.444 e. The van der Waals surface area contributed by atoms with Crippen molar-refractivity contribution >= 4 is 12.2 Å². The maximum absolute atomic E-state index is 11.9. The Balaban J connectivity index is 0.000000181. The molecule has 184 valence electrons. The molecule has 4 rings (SSSR count). The molecule has 0 aliphatic carbocycles. The van der Waals surface area contributed by atoms with E-state index in [9.17, 15) is 9.59 Å². The van der Waals surface area contributed by atoms with Gasteiger partial charge < -0.3 is 29.9 Å². The van der Waals surface area contributed by atoms with E-state index in [1.807, 2.05) is 51.3 Å². The second kappa shape index (κ2) is 8.67. The van der Waals surface area contributed by atoms with Crippen LogP contribution in [0.25, 0.3) is 0 Å². The van der Waals surface area contributed by atoms with Gasteiger partial charge >= 0.3 is 12.2 Å². The molecule has 4 aliphatic rings. The minimum Gasteiger partial charge on any atom is -0.444 e. The Bertz CT molecular complexity index is 656. The minimum absolute atomic E-state index is 0.168. The molecule has 0 bridgehead atoms. The van der Waals surface area contributed by atoms with E-state index < -0.39 is 11.2 Å². The fraction of sp³-hybridized carbons (Fsp3) is 0.917. The molecule has 0 saturated carbocycles. The number of hydrogen-bond acceptors (Lipinski definition) is 6. The standard InChI is InChI=1S/2C12H22N2O2/c2*1-11(2,3)16-10(15)14-6-5-9-12(4,8-14)7-13-9/h2*9,13H,5-8H2,1-4H3/t2*9-,12+/m10/s1. The Labute approximate surface area is 193 Å². The molecule has 2 N–H and O–H groups in total. The van der Waals surface area contributed by atoms with Gasteiger partial charge in [0.25, 0.3) is 0 Å². The average Bonchev–Trinajstić information content (AvgIpc) is 2.60. The summed E-state index contributed by atoms with van der Waals surface area (Å²) in [5.74, 6) is 0. The van der Waals surface area contributed by atoms with Crippen molar-refractivity contribution in [2.45, 2.75) is 91.5 Å². The summed E-state index contributed by atoms with van der Waals surface area (Å²) in [5, 5.41) is 6.83. The summed E-state index contributed by atoms with van der Waals surface area (Å²) in [6, 6.07) is 1.18. The van der Waals surface area contributed by atoms with Crippen LogP contribution in [0.1, 0.15) is 68.2 Å². The number of nitrogens with one attached hydrogen (secondary N) is 2. The lowest BCUT2D eigenvalue weighted by molar-refractivity contribution is -0.0249. The molecule has 32 heavy (non-hydrogen) atoms. The van der Waals surface area contributed by atoms with Crippen LogP contribution >= 0.6 is 0 Å². The molecule has 0 aromatic heterocycles. The maximum Gasteiger partial charge on any atom is 0.410 e. The molecule has 8 heteroatoms. The highest BCUT2D eigenvalue weighted by Gasteiger charge is 2.48. The quantitative estimate of drug-likeness (QED) is 0.587. The fourth-order valence-corrected chi connectivity index (χ4v) is 4.99. The molecule has 8 nitrogen and oxygen atoms in total. The SMILES string of the molecule is CC(C)(C)OC(=O)N1CC[C@@H]2NC[C@]2(C)C1.CC(C)(C)OC(=O)N1CC[C@H]2NC[C@@]2(C)C1. The van der Waals surface area contributed by atoms with Crippen molar-refractivity contribution in [3.63, 3.8) is 0 Å². The first-order chi connectivity index (χ1) is 14.6. The lowest BCUT2D eigenvalue weighted by Gasteiger charge is -2.54. The number of carbonyl (C=O) groups excluding carboxylic acids is 2. The molecule has 0 aromatic rings. The summed E-state index contributed by atoms with van der Waals surface area (Å²) in [4.78, 5) is 27.5. The third-order valence-electron chi connectivity index (χ3n) is 6.97. The lowest BCUT2D eigenvalue weighted by Crippen LogP contribution is -2.69. The first-order valence-corrected chi connectivity index (χ1v) is 12.0. The Morgan fingerprint density at radius 2 is 1.09 bits per heavy atom. The molecule has 0 radical (unpaired) electrons. The number of likely N-dealkylation sites (tertiary alicyclic amines) is 2. The fourth-order valence-electron chi connectivity index (χ4n) is 4.99. The normalized spacial score (nSPS) is 34.0. The Morgan fingerprint density at radius 1 is 0.750 bits per heavy atom. The third-order valence-corrected chi connectivity index (χ3v) is 6.97. The third kappa shape index (κ3) is 5.87. The van der Waals surface area contributed by atoms with Gasteiger partial charge in [0.2, 0.25) is 0 Å². The van der Waals surface area contributed by atoms with Gasteiger partial charge in [0.05, 0.1) is 0 Å². The van der Waals surface area contributed by atoms with Gasteiger partial charge in [0, 0.05) is 62.2 Å². The first-order valence-electron chi connectivity index (χ1n) is 12.0. The highest BCUT2D eigenvalue weighted by molar-refractivity contribution is 5.69. The number of hydrogen-bond donors (Lipinski definition) is 2. The van der Waals surface area contributed by atoms with Gasteiger partial charge in [0.1, 0.15) is 11.2 Å².